The van der Waals surface area contributed by atoms with Gasteiger partial charge in [-0.25, -0.2) is 4.68 Å². The number of rotatable bonds is 5. The van der Waals surface area contributed by atoms with Crippen LogP contribution in [0.3, 0.4) is 0 Å². The first-order valence-electron chi connectivity index (χ1n) is 7.67. The number of nitrogens with one attached hydrogen (secondary N) is 2. The Morgan fingerprint density at radius 2 is 1.86 bits per heavy atom. The highest BCUT2D eigenvalue weighted by atomic mass is 16.2. The second kappa shape index (κ2) is 6.60. The van der Waals surface area contributed by atoms with Gasteiger partial charge in [-0.1, -0.05) is 27.7 Å². The van der Waals surface area contributed by atoms with Gasteiger partial charge in [0.05, 0.1) is 17.8 Å². The van der Waals surface area contributed by atoms with Crippen molar-refractivity contribution in [2.75, 3.05) is 18.4 Å². The molecule has 5 nitrogen and oxygen atoms in total. The standard InChI is InChI=1S/C16H30N4O/c1-8-9-17-11-14(21)18-13-10-12(15(2,3)4)19-20(13)16(5,6)7/h10,17H,8-9,11H2,1-7H3,(H,18,21). The highest BCUT2D eigenvalue weighted by Gasteiger charge is 2.25. The maximum atomic E-state index is 12.0. The third kappa shape index (κ3) is 5.16. The lowest BCUT2D eigenvalue weighted by Crippen LogP contribution is -2.31. The Balaban J connectivity index is 2.94. The summed E-state index contributed by atoms with van der Waals surface area (Å²) in [6.45, 7) is 15.9. The summed E-state index contributed by atoms with van der Waals surface area (Å²) >= 11 is 0. The molecular weight excluding hydrogens is 264 g/mol. The predicted octanol–water partition coefficient (Wildman–Crippen LogP) is 2.87. The Bertz CT molecular complexity index is 477. The number of carbonyl (C=O) groups excluding carboxylic acids is 1. The molecule has 1 heterocycles. The second-order valence-electron chi connectivity index (χ2n) is 7.47. The van der Waals surface area contributed by atoms with Gasteiger partial charge in [-0.15, -0.1) is 0 Å². The van der Waals surface area contributed by atoms with Crippen LogP contribution in [-0.2, 0) is 15.7 Å². The molecule has 1 rings (SSSR count). The van der Waals surface area contributed by atoms with Crippen LogP contribution < -0.4 is 10.6 Å². The molecular formula is C16H30N4O. The molecule has 1 aromatic heterocycles. The summed E-state index contributed by atoms with van der Waals surface area (Å²) in [7, 11) is 0. The molecule has 0 saturated carbocycles. The fourth-order valence-electron chi connectivity index (χ4n) is 1.91. The van der Waals surface area contributed by atoms with Crippen LogP contribution in [0.1, 0.15) is 60.6 Å². The third-order valence-corrected chi connectivity index (χ3v) is 3.09. The van der Waals surface area contributed by atoms with Crippen molar-refractivity contribution in [3.05, 3.63) is 11.8 Å². The summed E-state index contributed by atoms with van der Waals surface area (Å²) in [5, 5.41) is 10.8. The summed E-state index contributed by atoms with van der Waals surface area (Å²) in [6, 6.07) is 1.98. The Labute approximate surface area is 128 Å². The lowest BCUT2D eigenvalue weighted by molar-refractivity contribution is -0.115. The van der Waals surface area contributed by atoms with E-state index in [0.717, 1.165) is 24.5 Å². The van der Waals surface area contributed by atoms with Crippen LogP contribution in [0.4, 0.5) is 5.82 Å². The minimum Gasteiger partial charge on any atom is -0.310 e. The van der Waals surface area contributed by atoms with E-state index >= 15 is 0 Å². The van der Waals surface area contributed by atoms with E-state index in [4.69, 9.17) is 0 Å². The number of nitrogens with zero attached hydrogens (tertiary/aromatic N) is 2. The summed E-state index contributed by atoms with van der Waals surface area (Å²) in [4.78, 5) is 12.0. The first-order chi connectivity index (χ1) is 9.55. The largest absolute Gasteiger partial charge is 0.310 e. The van der Waals surface area contributed by atoms with Gasteiger partial charge in [-0.3, -0.25) is 4.79 Å². The molecule has 0 radical (unpaired) electrons. The van der Waals surface area contributed by atoms with Gasteiger partial charge >= 0.3 is 0 Å². The molecule has 2 N–H and O–H groups in total. The zero-order chi connectivity index (χ0) is 16.3. The molecule has 0 atom stereocenters. The summed E-state index contributed by atoms with van der Waals surface area (Å²) < 4.78 is 1.89. The predicted molar refractivity (Wildman–Crippen MR) is 87.7 cm³/mol. The Morgan fingerprint density at radius 1 is 1.24 bits per heavy atom. The molecule has 0 fully saturated rings. The fourth-order valence-corrected chi connectivity index (χ4v) is 1.91. The fraction of sp³-hybridized carbons (Fsp3) is 0.750. The normalized spacial score (nSPS) is 12.5. The smallest absolute Gasteiger partial charge is 0.239 e. The van der Waals surface area contributed by atoms with Crippen LogP contribution in [-0.4, -0.2) is 28.8 Å². The highest BCUT2D eigenvalue weighted by Crippen LogP contribution is 2.28. The Kier molecular flexibility index (Phi) is 5.56. The van der Waals surface area contributed by atoms with E-state index in [2.05, 4.69) is 64.2 Å². The van der Waals surface area contributed by atoms with Crippen molar-refractivity contribution in [3.63, 3.8) is 0 Å². The van der Waals surface area contributed by atoms with Gasteiger partial charge in [0.25, 0.3) is 0 Å². The van der Waals surface area contributed by atoms with Gasteiger partial charge in [0, 0.05) is 11.5 Å². The molecule has 1 aromatic rings. The summed E-state index contributed by atoms with van der Waals surface area (Å²) in [5.41, 5.74) is 0.758. The van der Waals surface area contributed by atoms with Crippen molar-refractivity contribution in [1.82, 2.24) is 15.1 Å². The molecule has 0 bridgehead atoms. The Morgan fingerprint density at radius 3 is 2.33 bits per heavy atom. The minimum absolute atomic E-state index is 0.0330. The quantitative estimate of drug-likeness (QED) is 0.821. The van der Waals surface area contributed by atoms with Crippen molar-refractivity contribution in [2.45, 2.75) is 65.8 Å². The minimum atomic E-state index is -0.178. The average molecular weight is 294 g/mol. The average Bonchev–Trinajstić information content (AvgIpc) is 2.72. The molecule has 0 spiro atoms. The van der Waals surface area contributed by atoms with E-state index in [0.29, 0.717) is 6.54 Å². The van der Waals surface area contributed by atoms with E-state index < -0.39 is 0 Å². The lowest BCUT2D eigenvalue weighted by Gasteiger charge is -2.23. The molecule has 0 aliphatic carbocycles. The van der Waals surface area contributed by atoms with Gasteiger partial charge in [-0.05, 0) is 33.7 Å². The first kappa shape index (κ1) is 17.7. The molecule has 0 aliphatic rings. The molecule has 0 saturated heterocycles. The van der Waals surface area contributed by atoms with Gasteiger partial charge in [0.1, 0.15) is 5.82 Å². The second-order valence-corrected chi connectivity index (χ2v) is 7.47. The number of amides is 1. The Hall–Kier alpha value is -1.36. The maximum absolute atomic E-state index is 12.0. The number of hydrogen-bond acceptors (Lipinski definition) is 3. The van der Waals surface area contributed by atoms with Gasteiger partial charge in [0.15, 0.2) is 0 Å². The van der Waals surface area contributed by atoms with Gasteiger partial charge in [-0.2, -0.15) is 5.10 Å². The molecule has 1 amide bonds. The SMILES string of the molecule is CCCNCC(=O)Nc1cc(C(C)(C)C)nn1C(C)(C)C. The van der Waals surface area contributed by atoms with Gasteiger partial charge in [0.2, 0.25) is 5.91 Å². The summed E-state index contributed by atoms with van der Waals surface area (Å²) in [6.07, 6.45) is 1.02. The highest BCUT2D eigenvalue weighted by molar-refractivity contribution is 5.91. The van der Waals surface area contributed by atoms with Crippen molar-refractivity contribution in [2.24, 2.45) is 0 Å². The van der Waals surface area contributed by atoms with Gasteiger partial charge < -0.3 is 10.6 Å². The zero-order valence-corrected chi connectivity index (χ0v) is 14.5. The number of hydrogen-bond donors (Lipinski definition) is 2. The van der Waals surface area contributed by atoms with Crippen LogP contribution >= 0.6 is 0 Å². The van der Waals surface area contributed by atoms with Crippen LogP contribution in [0.2, 0.25) is 0 Å². The van der Waals surface area contributed by atoms with Crippen LogP contribution in [0.25, 0.3) is 0 Å². The van der Waals surface area contributed by atoms with E-state index in [1.165, 1.54) is 0 Å². The number of anilines is 1. The van der Waals surface area contributed by atoms with Crippen LogP contribution in [0.5, 0.6) is 0 Å². The summed E-state index contributed by atoms with van der Waals surface area (Å²) in [5.74, 6) is 0.727. The maximum Gasteiger partial charge on any atom is 0.239 e. The topological polar surface area (TPSA) is 59.0 Å². The molecule has 5 heteroatoms. The van der Waals surface area contributed by atoms with E-state index in [1.54, 1.807) is 0 Å². The van der Waals surface area contributed by atoms with Crippen molar-refractivity contribution in [3.8, 4) is 0 Å². The van der Waals surface area contributed by atoms with E-state index in [1.807, 2.05) is 10.7 Å². The molecule has 120 valence electrons. The monoisotopic (exact) mass is 294 g/mol. The van der Waals surface area contributed by atoms with E-state index in [-0.39, 0.29) is 16.9 Å². The zero-order valence-electron chi connectivity index (χ0n) is 14.5. The van der Waals surface area contributed by atoms with Crippen molar-refractivity contribution < 1.29 is 4.79 Å². The first-order valence-corrected chi connectivity index (χ1v) is 7.67. The number of aromatic nitrogens is 2. The van der Waals surface area contributed by atoms with Crippen LogP contribution in [0.15, 0.2) is 6.07 Å². The van der Waals surface area contributed by atoms with Crippen molar-refractivity contribution >= 4 is 11.7 Å². The third-order valence-electron chi connectivity index (χ3n) is 3.09. The van der Waals surface area contributed by atoms with E-state index in [9.17, 15) is 4.79 Å². The van der Waals surface area contributed by atoms with Crippen molar-refractivity contribution in [1.29, 1.82) is 0 Å². The van der Waals surface area contributed by atoms with Crippen LogP contribution in [0, 0.1) is 0 Å². The lowest BCUT2D eigenvalue weighted by atomic mass is 9.92. The number of carbonyl (C=O) groups is 1. The molecule has 0 aromatic carbocycles. The molecule has 0 unspecified atom stereocenters. The molecule has 21 heavy (non-hydrogen) atoms. The molecule has 0 aliphatic heterocycles.